The molecule has 1 heterocycles. The van der Waals surface area contributed by atoms with E-state index in [2.05, 4.69) is 24.2 Å². The molecule has 0 spiro atoms. The molecule has 0 fully saturated rings. The van der Waals surface area contributed by atoms with Crippen molar-refractivity contribution < 1.29 is 9.53 Å². The molecule has 0 bridgehead atoms. The van der Waals surface area contributed by atoms with Crippen LogP contribution in [0.3, 0.4) is 0 Å². The zero-order chi connectivity index (χ0) is 16.3. The van der Waals surface area contributed by atoms with E-state index in [1.54, 1.807) is 6.92 Å². The minimum atomic E-state index is -0.505. The first-order valence-electron chi connectivity index (χ1n) is 7.26. The molecule has 118 valence electrons. The third kappa shape index (κ3) is 3.82. The van der Waals surface area contributed by atoms with Crippen LogP contribution in [-0.2, 0) is 4.79 Å². The summed E-state index contributed by atoms with van der Waals surface area (Å²) in [4.78, 5) is 15.9. The number of benzene rings is 1. The zero-order valence-corrected chi connectivity index (χ0v) is 13.8. The Bertz CT molecular complexity index is 596. The van der Waals surface area contributed by atoms with Crippen molar-refractivity contribution in [1.29, 1.82) is 0 Å². The van der Waals surface area contributed by atoms with Gasteiger partial charge in [-0.2, -0.15) is 0 Å². The van der Waals surface area contributed by atoms with Crippen LogP contribution in [-0.4, -0.2) is 23.3 Å². The summed E-state index contributed by atoms with van der Waals surface area (Å²) in [5, 5.41) is 3.44. The summed E-state index contributed by atoms with van der Waals surface area (Å²) < 4.78 is 5.66. The maximum atomic E-state index is 11.7. The highest BCUT2D eigenvalue weighted by Gasteiger charge is 2.34. The lowest BCUT2D eigenvalue weighted by Crippen LogP contribution is -2.45. The Labute approximate surface area is 135 Å². The van der Waals surface area contributed by atoms with Gasteiger partial charge in [0, 0.05) is 5.71 Å². The van der Waals surface area contributed by atoms with Crippen molar-refractivity contribution in [2.24, 2.45) is 22.6 Å². The molecule has 0 aromatic heterocycles. The summed E-state index contributed by atoms with van der Waals surface area (Å²) in [6.45, 7) is 6.64. The highest BCUT2D eigenvalue weighted by atomic mass is 32.1. The molecule has 0 saturated carbocycles. The van der Waals surface area contributed by atoms with Gasteiger partial charge in [-0.3, -0.25) is 4.79 Å². The maximum Gasteiger partial charge on any atom is 0.228 e. The first-order chi connectivity index (χ1) is 10.4. The summed E-state index contributed by atoms with van der Waals surface area (Å²) in [6, 6.07) is 7.33. The quantitative estimate of drug-likeness (QED) is 0.816. The van der Waals surface area contributed by atoms with E-state index >= 15 is 0 Å². The average Bonchev–Trinajstić information content (AvgIpc) is 2.44. The molecule has 1 aliphatic heterocycles. The monoisotopic (exact) mass is 319 g/mol. The van der Waals surface area contributed by atoms with Crippen LogP contribution in [0, 0.1) is 11.8 Å². The predicted octanol–water partition coefficient (Wildman–Crippen LogP) is 2.21. The first-order valence-corrected chi connectivity index (χ1v) is 7.67. The number of nitrogens with one attached hydrogen (secondary N) is 1. The molecule has 1 aliphatic rings. The highest BCUT2D eigenvalue weighted by molar-refractivity contribution is 7.80. The third-order valence-corrected chi connectivity index (χ3v) is 3.68. The number of hydrogen-bond acceptors (Lipinski definition) is 3. The van der Waals surface area contributed by atoms with E-state index in [0.29, 0.717) is 23.3 Å². The topological polar surface area (TPSA) is 76.7 Å². The van der Waals surface area contributed by atoms with Gasteiger partial charge in [-0.05, 0) is 42.8 Å². The van der Waals surface area contributed by atoms with E-state index in [4.69, 9.17) is 22.7 Å². The van der Waals surface area contributed by atoms with Gasteiger partial charge < -0.3 is 15.8 Å². The Morgan fingerprint density at radius 1 is 1.41 bits per heavy atom. The molecule has 2 rings (SSSR count). The molecule has 0 aliphatic carbocycles. The van der Waals surface area contributed by atoms with E-state index in [1.165, 1.54) is 0 Å². The predicted molar refractivity (Wildman–Crippen MR) is 91.0 cm³/mol. The van der Waals surface area contributed by atoms with Gasteiger partial charge >= 0.3 is 0 Å². The number of amides is 1. The molecule has 0 saturated heterocycles. The molecule has 1 aromatic carbocycles. The number of primary amides is 1. The summed E-state index contributed by atoms with van der Waals surface area (Å²) in [7, 11) is 0. The van der Waals surface area contributed by atoms with Gasteiger partial charge in [-0.25, -0.2) is 4.99 Å². The van der Waals surface area contributed by atoms with Gasteiger partial charge in [0.05, 0.1) is 12.6 Å². The lowest BCUT2D eigenvalue weighted by molar-refractivity contribution is -0.120. The van der Waals surface area contributed by atoms with Crippen molar-refractivity contribution in [3.63, 3.8) is 0 Å². The van der Waals surface area contributed by atoms with Gasteiger partial charge in [0.25, 0.3) is 0 Å². The van der Waals surface area contributed by atoms with Crippen LogP contribution in [0.5, 0.6) is 5.75 Å². The number of hydrogen-bond donors (Lipinski definition) is 2. The minimum Gasteiger partial charge on any atom is -0.493 e. The molecule has 22 heavy (non-hydrogen) atoms. The number of ether oxygens (including phenoxy) is 1. The number of carbonyl (C=O) groups excluding carboxylic acids is 1. The Hall–Kier alpha value is -1.95. The summed E-state index contributed by atoms with van der Waals surface area (Å²) in [5.41, 5.74) is 7.08. The fourth-order valence-corrected chi connectivity index (χ4v) is 2.67. The van der Waals surface area contributed by atoms with Crippen LogP contribution in [0.4, 0.5) is 0 Å². The van der Waals surface area contributed by atoms with Gasteiger partial charge in [0.15, 0.2) is 5.11 Å². The Morgan fingerprint density at radius 3 is 2.59 bits per heavy atom. The van der Waals surface area contributed by atoms with Crippen LogP contribution in [0.1, 0.15) is 32.4 Å². The number of nitrogens with two attached hydrogens (primary N) is 1. The highest BCUT2D eigenvalue weighted by Crippen LogP contribution is 2.28. The molecular weight excluding hydrogens is 298 g/mol. The standard InChI is InChI=1S/C16H21N3O2S/c1-9(2)8-21-12-6-4-11(5-7-12)14-13(15(17)20)10(3)18-16(22)19-14/h4-7,9,13-14H,8H2,1-3H3,(H2,17,20)(H,19,22). The van der Waals surface area contributed by atoms with Gasteiger partial charge in [-0.1, -0.05) is 26.0 Å². The summed E-state index contributed by atoms with van der Waals surface area (Å²) >= 11 is 5.12. The van der Waals surface area contributed by atoms with Gasteiger partial charge in [-0.15, -0.1) is 0 Å². The molecule has 2 atom stereocenters. The molecular formula is C16H21N3O2S. The van der Waals surface area contributed by atoms with Crippen LogP contribution >= 0.6 is 12.2 Å². The SMILES string of the molecule is CC1=NC(=S)NC(c2ccc(OCC(C)C)cc2)C1C(N)=O. The second-order valence-electron chi connectivity index (χ2n) is 5.83. The average molecular weight is 319 g/mol. The lowest BCUT2D eigenvalue weighted by atomic mass is 9.88. The van der Waals surface area contributed by atoms with Gasteiger partial charge in [0.2, 0.25) is 5.91 Å². The number of rotatable bonds is 5. The third-order valence-electron chi connectivity index (χ3n) is 3.47. The molecule has 1 aromatic rings. The largest absolute Gasteiger partial charge is 0.493 e. The van der Waals surface area contributed by atoms with E-state index in [-0.39, 0.29) is 6.04 Å². The Morgan fingerprint density at radius 2 is 2.05 bits per heavy atom. The van der Waals surface area contributed by atoms with E-state index in [1.807, 2.05) is 24.3 Å². The van der Waals surface area contributed by atoms with Crippen LogP contribution in [0.15, 0.2) is 29.3 Å². The molecule has 2 unspecified atom stereocenters. The van der Waals surface area contributed by atoms with Crippen molar-refractivity contribution in [2.75, 3.05) is 6.61 Å². The molecule has 3 N–H and O–H groups in total. The number of thiocarbonyl (C=S) groups is 1. The van der Waals surface area contributed by atoms with Crippen molar-refractivity contribution in [3.05, 3.63) is 29.8 Å². The van der Waals surface area contributed by atoms with Crippen LogP contribution in [0.25, 0.3) is 0 Å². The van der Waals surface area contributed by atoms with Gasteiger partial charge in [0.1, 0.15) is 11.7 Å². The lowest BCUT2D eigenvalue weighted by Gasteiger charge is -2.30. The maximum absolute atomic E-state index is 11.7. The van der Waals surface area contributed by atoms with Crippen molar-refractivity contribution in [3.8, 4) is 5.75 Å². The molecule has 5 nitrogen and oxygen atoms in total. The second kappa shape index (κ2) is 6.87. The molecule has 0 radical (unpaired) electrons. The summed E-state index contributed by atoms with van der Waals surface area (Å²) in [6.07, 6.45) is 0. The zero-order valence-electron chi connectivity index (χ0n) is 13.0. The molecule has 1 amide bonds. The van der Waals surface area contributed by atoms with Crippen LogP contribution in [0.2, 0.25) is 0 Å². The van der Waals surface area contributed by atoms with Crippen molar-refractivity contribution in [1.82, 2.24) is 5.32 Å². The van der Waals surface area contributed by atoms with E-state index < -0.39 is 11.8 Å². The van der Waals surface area contributed by atoms with E-state index in [9.17, 15) is 4.79 Å². The van der Waals surface area contributed by atoms with Crippen LogP contribution < -0.4 is 15.8 Å². The smallest absolute Gasteiger partial charge is 0.228 e. The van der Waals surface area contributed by atoms with E-state index in [0.717, 1.165) is 11.3 Å². The fourth-order valence-electron chi connectivity index (χ4n) is 2.40. The Kier molecular flexibility index (Phi) is 5.13. The summed E-state index contributed by atoms with van der Waals surface area (Å²) in [5.74, 6) is 0.350. The second-order valence-corrected chi connectivity index (χ2v) is 6.22. The number of nitrogens with zero attached hydrogens (tertiary/aromatic N) is 1. The minimum absolute atomic E-state index is 0.290. The number of carbonyl (C=O) groups is 1. The van der Waals surface area contributed by atoms with Crippen molar-refractivity contribution in [2.45, 2.75) is 26.8 Å². The Balaban J connectivity index is 2.20. The fraction of sp³-hybridized carbons (Fsp3) is 0.438. The number of aliphatic imine (C=N–C) groups is 1. The molecule has 6 heteroatoms. The normalized spacial score (nSPS) is 21.3. The van der Waals surface area contributed by atoms with Crippen molar-refractivity contribution >= 4 is 28.9 Å². The first kappa shape index (κ1) is 16.4.